The quantitative estimate of drug-likeness (QED) is 0.577. The van der Waals surface area contributed by atoms with Gasteiger partial charge >= 0.3 is 5.97 Å². The van der Waals surface area contributed by atoms with Crippen LogP contribution in [0.2, 0.25) is 0 Å². The van der Waals surface area contributed by atoms with E-state index in [-0.39, 0.29) is 24.3 Å². The van der Waals surface area contributed by atoms with Crippen molar-refractivity contribution in [1.82, 2.24) is 0 Å². The van der Waals surface area contributed by atoms with E-state index in [4.69, 9.17) is 9.47 Å². The van der Waals surface area contributed by atoms with Gasteiger partial charge in [0.1, 0.15) is 18.1 Å². The number of benzene rings is 3. The molecule has 0 saturated carbocycles. The highest BCUT2D eigenvalue weighted by molar-refractivity contribution is 6.08. The number of methoxy groups -OCH3 is 1. The number of carboxylic acids is 1. The van der Waals surface area contributed by atoms with Crippen LogP contribution >= 0.6 is 0 Å². The number of hydrogen-bond donors (Lipinski definition) is 1. The monoisotopic (exact) mass is 431 g/mol. The topological polar surface area (TPSA) is 76.1 Å². The van der Waals surface area contributed by atoms with E-state index in [1.165, 1.54) is 0 Å². The first-order valence-electron chi connectivity index (χ1n) is 10.5. The summed E-state index contributed by atoms with van der Waals surface area (Å²) in [6.45, 7) is 2.30. The predicted octanol–water partition coefficient (Wildman–Crippen LogP) is 4.88. The van der Waals surface area contributed by atoms with Gasteiger partial charge in [0.25, 0.3) is 5.91 Å². The molecule has 1 amide bonds. The van der Waals surface area contributed by atoms with Crippen LogP contribution < -0.4 is 14.4 Å². The van der Waals surface area contributed by atoms with Crippen molar-refractivity contribution >= 4 is 17.6 Å². The number of carbonyl (C=O) groups excluding carboxylic acids is 1. The SMILES string of the molecule is COc1ccc(C(=O)N2c3ccc(OCc4ccccc4)cc3C(CC(=O)O)C2C)cc1. The summed E-state index contributed by atoms with van der Waals surface area (Å²) in [4.78, 5) is 26.6. The molecule has 0 fully saturated rings. The third-order valence-corrected chi connectivity index (χ3v) is 5.85. The minimum absolute atomic E-state index is 0.0668. The van der Waals surface area contributed by atoms with Gasteiger partial charge in [0.2, 0.25) is 0 Å². The van der Waals surface area contributed by atoms with Gasteiger partial charge in [-0.2, -0.15) is 0 Å². The van der Waals surface area contributed by atoms with Gasteiger partial charge in [-0.3, -0.25) is 9.59 Å². The summed E-state index contributed by atoms with van der Waals surface area (Å²) in [5.74, 6) is -0.0892. The number of hydrogen-bond acceptors (Lipinski definition) is 4. The molecule has 1 aliphatic heterocycles. The molecule has 2 atom stereocenters. The van der Waals surface area contributed by atoms with E-state index >= 15 is 0 Å². The standard InChI is InChI=1S/C26H25NO5/c1-17-22(15-25(28)29)23-14-21(32-16-18-6-4-3-5-7-18)12-13-24(23)27(17)26(30)19-8-10-20(31-2)11-9-19/h3-14,17,22H,15-16H2,1-2H3,(H,28,29). The fraction of sp³-hybridized carbons (Fsp3) is 0.231. The highest BCUT2D eigenvalue weighted by Gasteiger charge is 2.40. The highest BCUT2D eigenvalue weighted by Crippen LogP contribution is 2.45. The summed E-state index contributed by atoms with van der Waals surface area (Å²) in [7, 11) is 1.57. The number of carbonyl (C=O) groups is 2. The zero-order valence-electron chi connectivity index (χ0n) is 18.0. The van der Waals surface area contributed by atoms with Crippen LogP contribution in [0.1, 0.15) is 40.7 Å². The van der Waals surface area contributed by atoms with E-state index in [1.807, 2.05) is 55.5 Å². The molecule has 2 unspecified atom stereocenters. The molecule has 0 spiro atoms. The van der Waals surface area contributed by atoms with Crippen molar-refractivity contribution < 1.29 is 24.2 Å². The van der Waals surface area contributed by atoms with E-state index in [0.29, 0.717) is 23.7 Å². The maximum Gasteiger partial charge on any atom is 0.304 e. The molecule has 4 rings (SSSR count). The Bertz CT molecular complexity index is 1110. The molecular weight excluding hydrogens is 406 g/mol. The number of carboxylic acid groups (broad SMARTS) is 1. The second kappa shape index (κ2) is 9.14. The van der Waals surface area contributed by atoms with Crippen molar-refractivity contribution in [3.05, 3.63) is 89.5 Å². The third kappa shape index (κ3) is 4.30. The molecule has 3 aromatic carbocycles. The Morgan fingerprint density at radius 3 is 2.31 bits per heavy atom. The Labute approximate surface area is 187 Å². The predicted molar refractivity (Wildman–Crippen MR) is 121 cm³/mol. The van der Waals surface area contributed by atoms with Crippen LogP contribution in [0.25, 0.3) is 0 Å². The second-order valence-electron chi connectivity index (χ2n) is 7.84. The van der Waals surface area contributed by atoms with Gasteiger partial charge in [-0.05, 0) is 60.5 Å². The van der Waals surface area contributed by atoms with Crippen molar-refractivity contribution in [3.8, 4) is 11.5 Å². The summed E-state index contributed by atoms with van der Waals surface area (Å²) in [5, 5.41) is 9.49. The lowest BCUT2D eigenvalue weighted by molar-refractivity contribution is -0.137. The Hall–Kier alpha value is -3.80. The molecule has 0 bridgehead atoms. The van der Waals surface area contributed by atoms with E-state index in [9.17, 15) is 14.7 Å². The summed E-state index contributed by atoms with van der Waals surface area (Å²) < 4.78 is 11.1. The van der Waals surface area contributed by atoms with E-state index in [2.05, 4.69) is 0 Å². The maximum atomic E-state index is 13.4. The Morgan fingerprint density at radius 2 is 1.66 bits per heavy atom. The zero-order valence-corrected chi connectivity index (χ0v) is 18.0. The van der Waals surface area contributed by atoms with Crippen molar-refractivity contribution in [2.75, 3.05) is 12.0 Å². The first-order valence-corrected chi connectivity index (χ1v) is 10.5. The van der Waals surface area contributed by atoms with E-state index in [0.717, 1.165) is 16.8 Å². The first kappa shape index (κ1) is 21.4. The second-order valence-corrected chi connectivity index (χ2v) is 7.84. The number of fused-ring (bicyclic) bond motifs is 1. The average molecular weight is 431 g/mol. The molecule has 6 nitrogen and oxygen atoms in total. The molecule has 1 aliphatic rings. The van der Waals surface area contributed by atoms with E-state index < -0.39 is 5.97 Å². The fourth-order valence-electron chi connectivity index (χ4n) is 4.17. The van der Waals surface area contributed by atoms with Gasteiger partial charge in [-0.25, -0.2) is 0 Å². The summed E-state index contributed by atoms with van der Waals surface area (Å²) in [6.07, 6.45) is -0.0668. The van der Waals surface area contributed by atoms with Crippen LogP contribution in [-0.4, -0.2) is 30.1 Å². The van der Waals surface area contributed by atoms with Gasteiger partial charge in [0, 0.05) is 23.2 Å². The van der Waals surface area contributed by atoms with Crippen LogP contribution in [0.4, 0.5) is 5.69 Å². The third-order valence-electron chi connectivity index (χ3n) is 5.85. The van der Waals surface area contributed by atoms with Crippen LogP contribution in [0.3, 0.4) is 0 Å². The number of nitrogens with zero attached hydrogens (tertiary/aromatic N) is 1. The normalized spacial score (nSPS) is 17.0. The fourth-order valence-corrected chi connectivity index (χ4v) is 4.17. The molecule has 0 radical (unpaired) electrons. The zero-order chi connectivity index (χ0) is 22.7. The van der Waals surface area contributed by atoms with Crippen molar-refractivity contribution in [2.45, 2.75) is 31.9 Å². The Morgan fingerprint density at radius 1 is 0.969 bits per heavy atom. The minimum Gasteiger partial charge on any atom is -0.497 e. The molecular formula is C26H25NO5. The molecule has 164 valence electrons. The number of rotatable bonds is 7. The van der Waals surface area contributed by atoms with Gasteiger partial charge in [0.15, 0.2) is 0 Å². The van der Waals surface area contributed by atoms with Gasteiger partial charge in [-0.1, -0.05) is 30.3 Å². The molecule has 3 aromatic rings. The Balaban J connectivity index is 1.64. The number of amides is 1. The molecule has 1 N–H and O–H groups in total. The smallest absolute Gasteiger partial charge is 0.304 e. The lowest BCUT2D eigenvalue weighted by Gasteiger charge is -2.25. The molecule has 1 heterocycles. The average Bonchev–Trinajstić information content (AvgIpc) is 3.08. The van der Waals surface area contributed by atoms with Crippen molar-refractivity contribution in [3.63, 3.8) is 0 Å². The summed E-state index contributed by atoms with van der Waals surface area (Å²) >= 11 is 0. The number of anilines is 1. The van der Waals surface area contributed by atoms with E-state index in [1.54, 1.807) is 36.3 Å². The Kier molecular flexibility index (Phi) is 6.12. The molecule has 32 heavy (non-hydrogen) atoms. The largest absolute Gasteiger partial charge is 0.497 e. The van der Waals surface area contributed by atoms with Crippen LogP contribution in [0.15, 0.2) is 72.8 Å². The molecule has 0 aromatic heterocycles. The maximum absolute atomic E-state index is 13.4. The number of ether oxygens (including phenoxy) is 2. The lowest BCUT2D eigenvalue weighted by Crippen LogP contribution is -2.37. The van der Waals surface area contributed by atoms with Crippen molar-refractivity contribution in [1.29, 1.82) is 0 Å². The first-order chi connectivity index (χ1) is 15.5. The van der Waals surface area contributed by atoms with Crippen LogP contribution in [-0.2, 0) is 11.4 Å². The van der Waals surface area contributed by atoms with Crippen LogP contribution in [0, 0.1) is 0 Å². The van der Waals surface area contributed by atoms with Gasteiger partial charge in [0.05, 0.1) is 13.5 Å². The van der Waals surface area contributed by atoms with Crippen molar-refractivity contribution in [2.24, 2.45) is 0 Å². The molecule has 0 aliphatic carbocycles. The molecule has 0 saturated heterocycles. The van der Waals surface area contributed by atoms with Gasteiger partial charge in [-0.15, -0.1) is 0 Å². The summed E-state index contributed by atoms with van der Waals surface area (Å²) in [6, 6.07) is 22.0. The van der Waals surface area contributed by atoms with Gasteiger partial charge < -0.3 is 19.5 Å². The lowest BCUT2D eigenvalue weighted by atomic mass is 9.92. The van der Waals surface area contributed by atoms with Crippen LogP contribution in [0.5, 0.6) is 11.5 Å². The highest BCUT2D eigenvalue weighted by atomic mass is 16.5. The molecule has 6 heteroatoms. The summed E-state index contributed by atoms with van der Waals surface area (Å²) in [5.41, 5.74) is 3.09. The minimum atomic E-state index is -0.901. The number of aliphatic carboxylic acids is 1.